The minimum atomic E-state index is -0.378. The van der Waals surface area contributed by atoms with Crippen molar-refractivity contribution in [3.63, 3.8) is 0 Å². The highest BCUT2D eigenvalue weighted by Gasteiger charge is 2.23. The third kappa shape index (κ3) is 4.17. The van der Waals surface area contributed by atoms with Crippen molar-refractivity contribution in [1.82, 2.24) is 20.1 Å². The van der Waals surface area contributed by atoms with E-state index in [-0.39, 0.29) is 23.6 Å². The van der Waals surface area contributed by atoms with Crippen LogP contribution in [-0.4, -0.2) is 39.3 Å². The average Bonchev–Trinajstić information content (AvgIpc) is 3.33. The van der Waals surface area contributed by atoms with Crippen LogP contribution in [0.4, 0.5) is 5.13 Å². The van der Waals surface area contributed by atoms with Crippen molar-refractivity contribution in [2.24, 2.45) is 0 Å². The molecule has 8 heteroatoms. The number of anilines is 1. The quantitative estimate of drug-likeness (QED) is 0.714. The Kier molecular flexibility index (Phi) is 5.12. The molecule has 4 rings (SSSR count). The second-order valence-electron chi connectivity index (χ2n) is 8.34. The standard InChI is InChI=1S/C21H25N5O2S/c1-21(2,3)23-15(27)13-26-19(28)17-18(16(24-26)14-9-5-4-6-10-14)29-20(22-17)25-11-7-8-12-25/h4-6,9-10H,7-8,11-13H2,1-3H3,(H,23,27). The maximum Gasteiger partial charge on any atom is 0.294 e. The molecule has 2 aromatic heterocycles. The van der Waals surface area contributed by atoms with Crippen LogP contribution in [0.1, 0.15) is 33.6 Å². The van der Waals surface area contributed by atoms with E-state index in [4.69, 9.17) is 0 Å². The van der Waals surface area contributed by atoms with Crippen LogP contribution in [0.3, 0.4) is 0 Å². The third-order valence-corrected chi connectivity index (χ3v) is 5.84. The molecule has 0 spiro atoms. The van der Waals surface area contributed by atoms with E-state index in [1.165, 1.54) is 16.0 Å². The van der Waals surface area contributed by atoms with Gasteiger partial charge in [0.1, 0.15) is 12.2 Å². The van der Waals surface area contributed by atoms with Gasteiger partial charge < -0.3 is 10.2 Å². The van der Waals surface area contributed by atoms with Gasteiger partial charge in [-0.3, -0.25) is 9.59 Å². The van der Waals surface area contributed by atoms with Crippen molar-refractivity contribution >= 4 is 32.6 Å². The van der Waals surface area contributed by atoms with Crippen LogP contribution in [0.25, 0.3) is 21.5 Å². The number of carbonyl (C=O) groups is 1. The second-order valence-corrected chi connectivity index (χ2v) is 9.32. The molecule has 0 saturated carbocycles. The Hall–Kier alpha value is -2.74. The summed E-state index contributed by atoms with van der Waals surface area (Å²) in [6.45, 7) is 7.49. The fraction of sp³-hybridized carbons (Fsp3) is 0.429. The summed E-state index contributed by atoms with van der Waals surface area (Å²) in [5.74, 6) is -0.250. The fourth-order valence-corrected chi connectivity index (χ4v) is 4.59. The molecule has 0 radical (unpaired) electrons. The Labute approximate surface area is 173 Å². The number of fused-ring (bicyclic) bond motifs is 1. The number of carbonyl (C=O) groups excluding carboxylic acids is 1. The van der Waals surface area contributed by atoms with Crippen molar-refractivity contribution in [1.29, 1.82) is 0 Å². The molecule has 0 unspecified atom stereocenters. The SMILES string of the molecule is CC(C)(C)NC(=O)Cn1nc(-c2ccccc2)c2sc(N3CCCC3)nc2c1=O. The highest BCUT2D eigenvalue weighted by Crippen LogP contribution is 2.34. The minimum absolute atomic E-state index is 0.136. The minimum Gasteiger partial charge on any atom is -0.350 e. The Morgan fingerprint density at radius 3 is 2.52 bits per heavy atom. The van der Waals surface area contributed by atoms with Gasteiger partial charge in [0.15, 0.2) is 10.6 Å². The molecular formula is C21H25N5O2S. The van der Waals surface area contributed by atoms with Gasteiger partial charge in [0.2, 0.25) is 5.91 Å². The van der Waals surface area contributed by atoms with Gasteiger partial charge in [-0.1, -0.05) is 41.7 Å². The Morgan fingerprint density at radius 1 is 1.17 bits per heavy atom. The van der Waals surface area contributed by atoms with Crippen molar-refractivity contribution in [3.8, 4) is 11.3 Å². The molecule has 1 fully saturated rings. The van der Waals surface area contributed by atoms with Gasteiger partial charge in [-0.15, -0.1) is 0 Å². The summed E-state index contributed by atoms with van der Waals surface area (Å²) < 4.78 is 2.01. The number of nitrogens with zero attached hydrogens (tertiary/aromatic N) is 4. The summed E-state index contributed by atoms with van der Waals surface area (Å²) in [5, 5.41) is 8.32. The number of amides is 1. The summed E-state index contributed by atoms with van der Waals surface area (Å²) >= 11 is 1.51. The number of hydrogen-bond donors (Lipinski definition) is 1. The van der Waals surface area contributed by atoms with Gasteiger partial charge in [0.05, 0.1) is 4.70 Å². The zero-order chi connectivity index (χ0) is 20.6. The highest BCUT2D eigenvalue weighted by atomic mass is 32.1. The van der Waals surface area contributed by atoms with Gasteiger partial charge in [-0.2, -0.15) is 5.10 Å². The first kappa shape index (κ1) is 19.6. The molecule has 1 amide bonds. The smallest absolute Gasteiger partial charge is 0.294 e. The van der Waals surface area contributed by atoms with Crippen LogP contribution in [0, 0.1) is 0 Å². The van der Waals surface area contributed by atoms with E-state index in [1.54, 1.807) is 0 Å². The summed E-state index contributed by atoms with van der Waals surface area (Å²) in [5.41, 5.74) is 1.27. The molecule has 1 aromatic carbocycles. The van der Waals surface area contributed by atoms with E-state index in [1.807, 2.05) is 51.1 Å². The molecule has 1 aliphatic rings. The molecule has 1 aliphatic heterocycles. The van der Waals surface area contributed by atoms with Crippen LogP contribution in [0.15, 0.2) is 35.1 Å². The van der Waals surface area contributed by atoms with E-state index >= 15 is 0 Å². The largest absolute Gasteiger partial charge is 0.350 e. The summed E-state index contributed by atoms with van der Waals surface area (Å²) in [4.78, 5) is 32.4. The second kappa shape index (κ2) is 7.59. The summed E-state index contributed by atoms with van der Waals surface area (Å²) in [7, 11) is 0. The molecule has 7 nitrogen and oxygen atoms in total. The van der Waals surface area contributed by atoms with Gasteiger partial charge in [-0.25, -0.2) is 9.67 Å². The summed E-state index contributed by atoms with van der Waals surface area (Å²) in [6, 6.07) is 9.73. The Bertz CT molecular complexity index is 1090. The van der Waals surface area contributed by atoms with Crippen molar-refractivity contribution in [2.75, 3.05) is 18.0 Å². The summed E-state index contributed by atoms with van der Waals surface area (Å²) in [6.07, 6.45) is 2.27. The number of hydrogen-bond acceptors (Lipinski definition) is 6. The number of rotatable bonds is 4. The first-order chi connectivity index (χ1) is 13.8. The molecule has 3 aromatic rings. The van der Waals surface area contributed by atoms with Gasteiger partial charge in [-0.05, 0) is 33.6 Å². The number of aromatic nitrogens is 3. The van der Waals surface area contributed by atoms with Crippen LogP contribution in [0.2, 0.25) is 0 Å². The lowest BCUT2D eigenvalue weighted by atomic mass is 10.1. The lowest BCUT2D eigenvalue weighted by molar-refractivity contribution is -0.123. The van der Waals surface area contributed by atoms with Crippen molar-refractivity contribution in [3.05, 3.63) is 40.7 Å². The maximum absolute atomic E-state index is 13.1. The van der Waals surface area contributed by atoms with Crippen molar-refractivity contribution in [2.45, 2.75) is 45.7 Å². The van der Waals surface area contributed by atoms with Crippen molar-refractivity contribution < 1.29 is 4.79 Å². The molecule has 0 aliphatic carbocycles. The van der Waals surface area contributed by atoms with E-state index in [0.717, 1.165) is 41.3 Å². The number of benzene rings is 1. The maximum atomic E-state index is 13.1. The third-order valence-electron chi connectivity index (χ3n) is 4.72. The predicted octanol–water partition coefficient (Wildman–Crippen LogP) is 3.03. The monoisotopic (exact) mass is 411 g/mol. The van der Waals surface area contributed by atoms with E-state index in [9.17, 15) is 9.59 Å². The molecule has 0 atom stereocenters. The molecule has 1 saturated heterocycles. The van der Waals surface area contributed by atoms with Gasteiger partial charge in [0.25, 0.3) is 5.56 Å². The predicted molar refractivity (Wildman–Crippen MR) is 116 cm³/mol. The highest BCUT2D eigenvalue weighted by molar-refractivity contribution is 7.22. The number of nitrogens with one attached hydrogen (secondary N) is 1. The molecule has 0 bridgehead atoms. The number of thiazole rings is 1. The van der Waals surface area contributed by atoms with E-state index in [0.29, 0.717) is 11.2 Å². The Balaban J connectivity index is 1.83. The fourth-order valence-electron chi connectivity index (χ4n) is 3.48. The molecule has 3 heterocycles. The topological polar surface area (TPSA) is 80.1 Å². The first-order valence-corrected chi connectivity index (χ1v) is 10.7. The van der Waals surface area contributed by atoms with Crippen LogP contribution < -0.4 is 15.8 Å². The normalized spacial score (nSPS) is 14.5. The molecular weight excluding hydrogens is 386 g/mol. The zero-order valence-corrected chi connectivity index (χ0v) is 17.8. The van der Waals surface area contributed by atoms with Crippen LogP contribution >= 0.6 is 11.3 Å². The van der Waals surface area contributed by atoms with Gasteiger partial charge in [0, 0.05) is 24.2 Å². The molecule has 1 N–H and O–H groups in total. The zero-order valence-electron chi connectivity index (χ0n) is 16.9. The Morgan fingerprint density at radius 2 is 1.86 bits per heavy atom. The first-order valence-electron chi connectivity index (χ1n) is 9.85. The average molecular weight is 412 g/mol. The van der Waals surface area contributed by atoms with Crippen LogP contribution in [0.5, 0.6) is 0 Å². The lowest BCUT2D eigenvalue weighted by Crippen LogP contribution is -2.44. The van der Waals surface area contributed by atoms with Crippen LogP contribution in [-0.2, 0) is 11.3 Å². The molecule has 152 valence electrons. The van der Waals surface area contributed by atoms with Gasteiger partial charge >= 0.3 is 0 Å². The lowest BCUT2D eigenvalue weighted by Gasteiger charge is -2.20. The van der Waals surface area contributed by atoms with E-state index in [2.05, 4.69) is 20.3 Å². The molecule has 29 heavy (non-hydrogen) atoms. The van der Waals surface area contributed by atoms with E-state index < -0.39 is 0 Å².